The van der Waals surface area contributed by atoms with Crippen LogP contribution in [0.4, 0.5) is 0 Å². The average molecular weight is 436 g/mol. The largest absolute Gasteiger partial charge is 0.506 e. The van der Waals surface area contributed by atoms with Crippen molar-refractivity contribution in [2.75, 3.05) is 0 Å². The lowest BCUT2D eigenvalue weighted by Gasteiger charge is -2.18. The fraction of sp³-hybridized carbons (Fsp3) is 0. The van der Waals surface area contributed by atoms with Crippen molar-refractivity contribution >= 4 is 54.9 Å². The van der Waals surface area contributed by atoms with Gasteiger partial charge in [0, 0.05) is 26.3 Å². The van der Waals surface area contributed by atoms with Gasteiger partial charge in [-0.1, -0.05) is 28.1 Å². The van der Waals surface area contributed by atoms with Crippen LogP contribution in [0.5, 0.6) is 0 Å². The van der Waals surface area contributed by atoms with Crippen molar-refractivity contribution in [2.24, 2.45) is 0 Å². The van der Waals surface area contributed by atoms with E-state index in [4.69, 9.17) is 5.41 Å². The number of aliphatic hydroxyl groups excluding tert-OH is 1. The number of Topliss-reactive ketones (excluding diaryl/α,β-unsaturated/α-hetero) is 2. The van der Waals surface area contributed by atoms with Gasteiger partial charge in [-0.2, -0.15) is 0 Å². The van der Waals surface area contributed by atoms with Crippen molar-refractivity contribution in [3.63, 3.8) is 0 Å². The molecule has 0 saturated heterocycles. The van der Waals surface area contributed by atoms with Gasteiger partial charge in [0.15, 0.2) is 0 Å². The minimum absolute atomic E-state index is 0.110. The number of benzene rings is 1. The second-order valence-electron chi connectivity index (χ2n) is 4.82. The smallest absolute Gasteiger partial charge is 0.252 e. The molecule has 5 nitrogen and oxygen atoms in total. The number of allylic oxidation sites excluding steroid dienone is 1. The zero-order valence-electron chi connectivity index (χ0n) is 11.4. The second-order valence-corrected chi connectivity index (χ2v) is 6.65. The summed E-state index contributed by atoms with van der Waals surface area (Å²) in [5, 5.41) is 18.7. The first-order valence-electron chi connectivity index (χ1n) is 6.43. The quantitative estimate of drug-likeness (QED) is 0.555. The van der Waals surface area contributed by atoms with Gasteiger partial charge in [-0.25, -0.2) is 0 Å². The Bertz CT molecular complexity index is 919. The molecule has 7 heteroatoms. The number of aliphatic hydroxyl groups is 1. The monoisotopic (exact) mass is 434 g/mol. The van der Waals surface area contributed by atoms with Crippen molar-refractivity contribution in [1.82, 2.24) is 4.98 Å². The number of aromatic nitrogens is 1. The highest BCUT2D eigenvalue weighted by Crippen LogP contribution is 2.30. The molecule has 0 amide bonds. The van der Waals surface area contributed by atoms with Crippen LogP contribution >= 0.6 is 31.9 Å². The number of carbonyl (C=O) groups is 2. The molecule has 23 heavy (non-hydrogen) atoms. The van der Waals surface area contributed by atoms with Crippen molar-refractivity contribution in [1.29, 1.82) is 5.41 Å². The maximum Gasteiger partial charge on any atom is 0.252 e. The lowest BCUT2D eigenvalue weighted by molar-refractivity contribution is -0.111. The maximum absolute atomic E-state index is 12.3. The SMILES string of the molecule is N=C(C1=C(O)c2cc(Br)cnc2C(=O)C1=O)c1cccc(Br)c1. The van der Waals surface area contributed by atoms with E-state index in [1.165, 1.54) is 12.3 Å². The number of rotatable bonds is 2. The van der Waals surface area contributed by atoms with Crippen molar-refractivity contribution < 1.29 is 14.7 Å². The zero-order valence-corrected chi connectivity index (χ0v) is 14.6. The Morgan fingerprint density at radius 2 is 1.83 bits per heavy atom. The molecule has 0 fully saturated rings. The first kappa shape index (κ1) is 15.8. The Morgan fingerprint density at radius 1 is 1.09 bits per heavy atom. The Kier molecular flexibility index (Phi) is 3.99. The van der Waals surface area contributed by atoms with E-state index in [0.29, 0.717) is 10.0 Å². The highest BCUT2D eigenvalue weighted by atomic mass is 79.9. The topological polar surface area (TPSA) is 91.1 Å². The summed E-state index contributed by atoms with van der Waals surface area (Å²) in [5.41, 5.74) is -0.0954. The van der Waals surface area contributed by atoms with E-state index in [1.54, 1.807) is 24.3 Å². The van der Waals surface area contributed by atoms with E-state index in [9.17, 15) is 14.7 Å². The van der Waals surface area contributed by atoms with Crippen LogP contribution in [0.3, 0.4) is 0 Å². The highest BCUT2D eigenvalue weighted by Gasteiger charge is 2.36. The number of fused-ring (bicyclic) bond motifs is 1. The van der Waals surface area contributed by atoms with Crippen LogP contribution in [0.15, 0.2) is 51.0 Å². The molecule has 0 bridgehead atoms. The Balaban J connectivity index is 2.21. The third-order valence-electron chi connectivity index (χ3n) is 3.36. The van der Waals surface area contributed by atoms with Gasteiger partial charge >= 0.3 is 0 Å². The predicted octanol–water partition coefficient (Wildman–Crippen LogP) is 3.71. The minimum Gasteiger partial charge on any atom is -0.506 e. The predicted molar refractivity (Wildman–Crippen MR) is 91.8 cm³/mol. The number of pyridine rings is 1. The van der Waals surface area contributed by atoms with E-state index in [2.05, 4.69) is 36.8 Å². The zero-order chi connectivity index (χ0) is 16.7. The van der Waals surface area contributed by atoms with Gasteiger partial charge in [-0.15, -0.1) is 0 Å². The third-order valence-corrected chi connectivity index (χ3v) is 4.28. The summed E-state index contributed by atoms with van der Waals surface area (Å²) >= 11 is 6.50. The van der Waals surface area contributed by atoms with Crippen LogP contribution in [-0.2, 0) is 4.79 Å². The summed E-state index contributed by atoms with van der Waals surface area (Å²) in [7, 11) is 0. The van der Waals surface area contributed by atoms with Gasteiger partial charge in [0.05, 0.1) is 11.3 Å². The third kappa shape index (κ3) is 2.66. The molecule has 0 aliphatic heterocycles. The van der Waals surface area contributed by atoms with Crippen molar-refractivity contribution in [3.05, 3.63) is 67.9 Å². The van der Waals surface area contributed by atoms with E-state index >= 15 is 0 Å². The van der Waals surface area contributed by atoms with E-state index in [-0.39, 0.29) is 22.5 Å². The Hall–Kier alpha value is -2.12. The number of carbonyl (C=O) groups excluding carboxylic acids is 2. The number of nitrogens with one attached hydrogen (secondary N) is 1. The van der Waals surface area contributed by atoms with Gasteiger partial charge in [-0.3, -0.25) is 20.0 Å². The molecule has 0 unspecified atom stereocenters. The lowest BCUT2D eigenvalue weighted by atomic mass is 9.87. The molecule has 0 atom stereocenters. The van der Waals surface area contributed by atoms with Gasteiger partial charge in [0.1, 0.15) is 11.5 Å². The van der Waals surface area contributed by atoms with Crippen LogP contribution < -0.4 is 0 Å². The number of ketones is 2. The molecule has 0 saturated carbocycles. The first-order valence-corrected chi connectivity index (χ1v) is 8.02. The normalized spacial score (nSPS) is 14.0. The van der Waals surface area contributed by atoms with Crippen LogP contribution in [0.1, 0.15) is 21.6 Å². The average Bonchev–Trinajstić information content (AvgIpc) is 2.53. The van der Waals surface area contributed by atoms with Crippen LogP contribution in [-0.4, -0.2) is 27.4 Å². The molecule has 114 valence electrons. The van der Waals surface area contributed by atoms with E-state index < -0.39 is 17.3 Å². The molecule has 3 rings (SSSR count). The number of nitrogens with zero attached hydrogens (tertiary/aromatic N) is 1. The fourth-order valence-electron chi connectivity index (χ4n) is 2.28. The molecule has 1 heterocycles. The molecule has 1 aromatic carbocycles. The summed E-state index contributed by atoms with van der Waals surface area (Å²) in [6, 6.07) is 8.23. The number of hydrogen-bond donors (Lipinski definition) is 2. The molecule has 0 spiro atoms. The van der Waals surface area contributed by atoms with E-state index in [0.717, 1.165) is 4.47 Å². The molecular weight excluding hydrogens is 428 g/mol. The van der Waals surface area contributed by atoms with Gasteiger partial charge in [-0.05, 0) is 34.1 Å². The van der Waals surface area contributed by atoms with E-state index in [1.807, 2.05) is 0 Å². The molecule has 1 aliphatic carbocycles. The first-order chi connectivity index (χ1) is 10.9. The molecule has 1 aliphatic rings. The summed E-state index contributed by atoms with van der Waals surface area (Å²) < 4.78 is 1.28. The maximum atomic E-state index is 12.3. The van der Waals surface area contributed by atoms with Crippen molar-refractivity contribution in [3.8, 4) is 0 Å². The minimum atomic E-state index is -0.935. The second kappa shape index (κ2) is 5.82. The fourth-order valence-corrected chi connectivity index (χ4v) is 3.01. The van der Waals surface area contributed by atoms with Crippen molar-refractivity contribution in [2.45, 2.75) is 0 Å². The molecular formula is C16H8Br2N2O3. The highest BCUT2D eigenvalue weighted by molar-refractivity contribution is 9.10. The van der Waals surface area contributed by atoms with Crippen LogP contribution in [0.25, 0.3) is 5.76 Å². The number of hydrogen-bond acceptors (Lipinski definition) is 5. The summed E-state index contributed by atoms with van der Waals surface area (Å²) in [6.07, 6.45) is 1.38. The van der Waals surface area contributed by atoms with Gasteiger partial charge in [0.25, 0.3) is 5.78 Å². The molecule has 2 aromatic rings. The Labute approximate surface area is 147 Å². The Morgan fingerprint density at radius 3 is 2.52 bits per heavy atom. The molecule has 1 aromatic heterocycles. The molecule has 0 radical (unpaired) electrons. The van der Waals surface area contributed by atoms with Gasteiger partial charge < -0.3 is 5.11 Å². The standard InChI is InChI=1S/C16H8Br2N2O3/c17-8-3-1-2-7(4-8)12(19)11-14(21)10-5-9(18)6-20-13(10)16(23)15(11)22/h1-6,19,21H. The summed E-state index contributed by atoms with van der Waals surface area (Å²) in [5.74, 6) is -2.18. The summed E-state index contributed by atoms with van der Waals surface area (Å²) in [4.78, 5) is 28.4. The lowest BCUT2D eigenvalue weighted by Crippen LogP contribution is -2.29. The van der Waals surface area contributed by atoms with Gasteiger partial charge in [0.2, 0.25) is 5.78 Å². The number of halogens is 2. The summed E-state index contributed by atoms with van der Waals surface area (Å²) in [6.45, 7) is 0. The van der Waals surface area contributed by atoms with Crippen LogP contribution in [0, 0.1) is 5.41 Å². The van der Waals surface area contributed by atoms with Crippen LogP contribution in [0.2, 0.25) is 0 Å². The molecule has 2 N–H and O–H groups in total.